The second kappa shape index (κ2) is 9.46. The molecule has 180 valence electrons. The van der Waals surface area contributed by atoms with Crippen molar-refractivity contribution >= 4 is 40.0 Å². The van der Waals surface area contributed by atoms with Crippen molar-refractivity contribution in [3.05, 3.63) is 94.1 Å². The van der Waals surface area contributed by atoms with E-state index in [2.05, 4.69) is 5.32 Å². The van der Waals surface area contributed by atoms with Gasteiger partial charge in [-0.15, -0.1) is 0 Å². The van der Waals surface area contributed by atoms with Crippen LogP contribution >= 0.6 is 11.6 Å². The normalized spacial score (nSPS) is 11.5. The Morgan fingerprint density at radius 2 is 1.66 bits per heavy atom. The summed E-state index contributed by atoms with van der Waals surface area (Å²) in [6.45, 7) is 1.74. The highest BCUT2D eigenvalue weighted by atomic mass is 35.5. The SMILES string of the molecule is COc1ccc2c(c1)c(CC(=O)Nc1ccc(C(F)(F)F)cc1)c(C)n2C(=O)c1ccc(Cl)cc1. The highest BCUT2D eigenvalue weighted by Gasteiger charge is 2.30. The topological polar surface area (TPSA) is 60.3 Å². The van der Waals surface area contributed by atoms with Crippen molar-refractivity contribution in [1.82, 2.24) is 4.57 Å². The average molecular weight is 501 g/mol. The number of nitrogens with zero attached hydrogens (tertiary/aromatic N) is 1. The molecule has 1 amide bonds. The van der Waals surface area contributed by atoms with Crippen LogP contribution in [0.5, 0.6) is 5.75 Å². The Kier molecular flexibility index (Phi) is 6.58. The van der Waals surface area contributed by atoms with E-state index in [4.69, 9.17) is 16.3 Å². The Bertz CT molecular complexity index is 1410. The van der Waals surface area contributed by atoms with Crippen LogP contribution in [0.25, 0.3) is 10.9 Å². The van der Waals surface area contributed by atoms with Gasteiger partial charge in [-0.05, 0) is 79.2 Å². The third-order valence-electron chi connectivity index (χ3n) is 5.67. The quantitative estimate of drug-likeness (QED) is 0.340. The number of alkyl halides is 3. The second-order valence-corrected chi connectivity index (χ2v) is 8.33. The van der Waals surface area contributed by atoms with Crippen LogP contribution in [-0.4, -0.2) is 23.5 Å². The van der Waals surface area contributed by atoms with Crippen LogP contribution in [0, 0.1) is 6.92 Å². The van der Waals surface area contributed by atoms with Gasteiger partial charge in [-0.1, -0.05) is 11.6 Å². The van der Waals surface area contributed by atoms with E-state index in [1.54, 1.807) is 49.4 Å². The maximum atomic E-state index is 13.3. The third kappa shape index (κ3) is 5.02. The van der Waals surface area contributed by atoms with Crippen molar-refractivity contribution in [3.63, 3.8) is 0 Å². The Balaban J connectivity index is 1.68. The van der Waals surface area contributed by atoms with Gasteiger partial charge < -0.3 is 10.1 Å². The number of hydrogen-bond acceptors (Lipinski definition) is 3. The molecule has 4 aromatic rings. The molecule has 5 nitrogen and oxygen atoms in total. The number of fused-ring (bicyclic) bond motifs is 1. The molecule has 0 aliphatic carbocycles. The lowest BCUT2D eigenvalue weighted by Gasteiger charge is -2.10. The van der Waals surface area contributed by atoms with Crippen LogP contribution in [0.3, 0.4) is 0 Å². The van der Waals surface area contributed by atoms with Gasteiger partial charge in [0.1, 0.15) is 5.75 Å². The molecule has 0 bridgehead atoms. The minimum absolute atomic E-state index is 0.0998. The molecule has 0 fully saturated rings. The molecule has 0 spiro atoms. The predicted octanol–water partition coefficient (Wildman–Crippen LogP) is 6.50. The van der Waals surface area contributed by atoms with Crippen molar-refractivity contribution in [2.45, 2.75) is 19.5 Å². The maximum absolute atomic E-state index is 13.3. The van der Waals surface area contributed by atoms with E-state index in [-0.39, 0.29) is 18.0 Å². The molecule has 4 rings (SSSR count). The lowest BCUT2D eigenvalue weighted by molar-refractivity contribution is -0.137. The Morgan fingerprint density at radius 3 is 2.26 bits per heavy atom. The van der Waals surface area contributed by atoms with Crippen LogP contribution in [0.15, 0.2) is 66.7 Å². The van der Waals surface area contributed by atoms with Crippen molar-refractivity contribution in [1.29, 1.82) is 0 Å². The van der Waals surface area contributed by atoms with Crippen molar-refractivity contribution < 1.29 is 27.5 Å². The summed E-state index contributed by atoms with van der Waals surface area (Å²) in [5.74, 6) is -0.171. The number of nitrogens with one attached hydrogen (secondary N) is 1. The van der Waals surface area contributed by atoms with E-state index in [9.17, 15) is 22.8 Å². The zero-order valence-electron chi connectivity index (χ0n) is 18.7. The summed E-state index contributed by atoms with van der Waals surface area (Å²) in [5.41, 5.74) is 1.62. The molecule has 1 aromatic heterocycles. The molecule has 9 heteroatoms. The largest absolute Gasteiger partial charge is 0.497 e. The van der Waals surface area contributed by atoms with Gasteiger partial charge in [-0.25, -0.2) is 0 Å². The number of anilines is 1. The molecule has 0 saturated carbocycles. The van der Waals surface area contributed by atoms with Gasteiger partial charge in [0.15, 0.2) is 0 Å². The number of carbonyl (C=O) groups excluding carboxylic acids is 2. The van der Waals surface area contributed by atoms with E-state index >= 15 is 0 Å². The first-order valence-electron chi connectivity index (χ1n) is 10.5. The fraction of sp³-hybridized carbons (Fsp3) is 0.154. The molecule has 1 N–H and O–H groups in total. The highest BCUT2D eigenvalue weighted by Crippen LogP contribution is 2.32. The fourth-order valence-corrected chi connectivity index (χ4v) is 4.03. The minimum Gasteiger partial charge on any atom is -0.497 e. The van der Waals surface area contributed by atoms with E-state index in [0.29, 0.717) is 38.5 Å². The second-order valence-electron chi connectivity index (χ2n) is 7.89. The number of aromatic nitrogens is 1. The number of amides is 1. The lowest BCUT2D eigenvalue weighted by Crippen LogP contribution is -2.17. The van der Waals surface area contributed by atoms with Gasteiger partial charge in [-0.2, -0.15) is 13.2 Å². The van der Waals surface area contributed by atoms with E-state index in [0.717, 1.165) is 12.1 Å². The number of methoxy groups -OCH3 is 1. The Labute approximate surface area is 204 Å². The number of hydrogen-bond donors (Lipinski definition) is 1. The summed E-state index contributed by atoms with van der Waals surface area (Å²) < 4.78 is 45.2. The van der Waals surface area contributed by atoms with Gasteiger partial charge in [0.25, 0.3) is 5.91 Å². The van der Waals surface area contributed by atoms with Gasteiger partial charge in [0.05, 0.1) is 24.6 Å². The van der Waals surface area contributed by atoms with Crippen LogP contribution in [-0.2, 0) is 17.4 Å². The first kappa shape index (κ1) is 24.3. The number of rotatable bonds is 5. The summed E-state index contributed by atoms with van der Waals surface area (Å²) >= 11 is 5.95. The Hall–Kier alpha value is -3.78. The molecular weight excluding hydrogens is 481 g/mol. The highest BCUT2D eigenvalue weighted by molar-refractivity contribution is 6.30. The zero-order valence-corrected chi connectivity index (χ0v) is 19.5. The molecule has 0 unspecified atom stereocenters. The molecule has 1 heterocycles. The van der Waals surface area contributed by atoms with Gasteiger partial charge >= 0.3 is 6.18 Å². The maximum Gasteiger partial charge on any atom is 0.416 e. The summed E-state index contributed by atoms with van der Waals surface area (Å²) in [7, 11) is 1.51. The Morgan fingerprint density at radius 1 is 1.00 bits per heavy atom. The minimum atomic E-state index is -4.46. The monoisotopic (exact) mass is 500 g/mol. The van der Waals surface area contributed by atoms with Crippen LogP contribution in [0.1, 0.15) is 27.2 Å². The number of carbonyl (C=O) groups is 2. The summed E-state index contributed by atoms with van der Waals surface area (Å²) in [6.07, 6.45) is -4.56. The molecule has 35 heavy (non-hydrogen) atoms. The van der Waals surface area contributed by atoms with E-state index in [1.807, 2.05) is 0 Å². The summed E-state index contributed by atoms with van der Waals surface area (Å²) in [4.78, 5) is 26.2. The number of benzene rings is 3. The lowest BCUT2D eigenvalue weighted by atomic mass is 10.1. The average Bonchev–Trinajstić information content (AvgIpc) is 3.09. The van der Waals surface area contributed by atoms with Crippen LogP contribution in [0.4, 0.5) is 18.9 Å². The fourth-order valence-electron chi connectivity index (χ4n) is 3.90. The van der Waals surface area contributed by atoms with Gasteiger partial charge in [-0.3, -0.25) is 14.2 Å². The first-order chi connectivity index (χ1) is 16.6. The summed E-state index contributed by atoms with van der Waals surface area (Å²) in [5, 5.41) is 3.78. The van der Waals surface area contributed by atoms with E-state index < -0.39 is 17.6 Å². The first-order valence-corrected chi connectivity index (χ1v) is 10.9. The smallest absolute Gasteiger partial charge is 0.416 e. The predicted molar refractivity (Wildman–Crippen MR) is 128 cm³/mol. The number of ether oxygens (including phenoxy) is 1. The van der Waals surface area contributed by atoms with Gasteiger partial charge in [0.2, 0.25) is 5.91 Å². The zero-order chi connectivity index (χ0) is 25.3. The molecule has 0 aliphatic heterocycles. The standard InChI is InChI=1S/C26H20ClF3N2O3/c1-15-21(14-24(33)31-19-9-5-17(6-10-19)26(28,29)30)22-13-20(35-2)11-12-23(22)32(15)25(34)16-3-7-18(27)8-4-16/h3-13H,14H2,1-2H3,(H,31,33). The van der Waals surface area contributed by atoms with E-state index in [1.165, 1.54) is 23.8 Å². The molecular formula is C26H20ClF3N2O3. The van der Waals surface area contributed by atoms with Crippen LogP contribution in [0.2, 0.25) is 5.02 Å². The van der Waals surface area contributed by atoms with Crippen molar-refractivity contribution in [2.75, 3.05) is 12.4 Å². The van der Waals surface area contributed by atoms with Crippen molar-refractivity contribution in [2.24, 2.45) is 0 Å². The van der Waals surface area contributed by atoms with Crippen molar-refractivity contribution in [3.8, 4) is 5.75 Å². The molecule has 0 radical (unpaired) electrons. The number of halogens is 4. The summed E-state index contributed by atoms with van der Waals surface area (Å²) in [6, 6.07) is 15.9. The van der Waals surface area contributed by atoms with Crippen LogP contribution < -0.4 is 10.1 Å². The molecule has 0 atom stereocenters. The molecule has 0 aliphatic rings. The molecule has 0 saturated heterocycles. The van der Waals surface area contributed by atoms with Gasteiger partial charge in [0, 0.05) is 27.4 Å². The molecule has 3 aromatic carbocycles. The third-order valence-corrected chi connectivity index (χ3v) is 5.92.